The zero-order chi connectivity index (χ0) is 22.9. The van der Waals surface area contributed by atoms with Gasteiger partial charge in [-0.3, -0.25) is 9.59 Å². The largest absolute Gasteiger partial charge is 0.399 e. The van der Waals surface area contributed by atoms with Gasteiger partial charge in [-0.2, -0.15) is 0 Å². The minimum Gasteiger partial charge on any atom is -0.399 e. The fourth-order valence-corrected chi connectivity index (χ4v) is 5.09. The van der Waals surface area contributed by atoms with Gasteiger partial charge in [-0.15, -0.1) is 11.3 Å². The Labute approximate surface area is 194 Å². The van der Waals surface area contributed by atoms with Gasteiger partial charge in [-0.25, -0.2) is 4.39 Å². The summed E-state index contributed by atoms with van der Waals surface area (Å²) in [5.74, 6) is -0.938. The third-order valence-corrected chi connectivity index (χ3v) is 6.81. The van der Waals surface area contributed by atoms with Crippen molar-refractivity contribution in [1.82, 2.24) is 0 Å². The smallest absolute Gasteiger partial charge is 0.265 e. The minimum atomic E-state index is -0.480. The van der Waals surface area contributed by atoms with Crippen LogP contribution in [0, 0.1) is 5.82 Å². The summed E-state index contributed by atoms with van der Waals surface area (Å²) in [5, 5.41) is 2.65. The number of fused-ring (bicyclic) bond motifs is 3. The summed E-state index contributed by atoms with van der Waals surface area (Å²) in [4.78, 5) is 29.3. The topological polar surface area (TPSA) is 75.4 Å². The van der Waals surface area contributed by atoms with Crippen molar-refractivity contribution in [2.24, 2.45) is 0 Å². The van der Waals surface area contributed by atoms with Crippen LogP contribution < -0.4 is 16.0 Å². The van der Waals surface area contributed by atoms with E-state index in [9.17, 15) is 14.0 Å². The van der Waals surface area contributed by atoms with Gasteiger partial charge in [0.05, 0.1) is 16.3 Å². The molecule has 5 rings (SSSR count). The summed E-state index contributed by atoms with van der Waals surface area (Å²) >= 11 is 1.35. The third kappa shape index (κ3) is 3.99. The van der Waals surface area contributed by atoms with Gasteiger partial charge in [-0.05, 0) is 60.5 Å². The molecule has 1 aromatic heterocycles. The van der Waals surface area contributed by atoms with E-state index in [0.717, 1.165) is 21.7 Å². The van der Waals surface area contributed by atoms with Crippen LogP contribution in [-0.4, -0.2) is 18.4 Å². The number of carbonyl (C=O) groups is 2. The van der Waals surface area contributed by atoms with E-state index in [2.05, 4.69) is 5.32 Å². The maximum Gasteiger partial charge on any atom is 0.265 e. The van der Waals surface area contributed by atoms with Crippen LogP contribution in [0.3, 0.4) is 0 Å². The normalized spacial score (nSPS) is 12.5. The molecular weight excluding hydrogens is 437 g/mol. The zero-order valence-corrected chi connectivity index (χ0v) is 18.4. The molecule has 3 aromatic carbocycles. The number of nitrogen functional groups attached to an aromatic ring is 1. The molecule has 2 amide bonds. The van der Waals surface area contributed by atoms with E-state index >= 15 is 0 Å². The first kappa shape index (κ1) is 20.9. The molecule has 0 aliphatic carbocycles. The molecule has 1 aliphatic rings. The van der Waals surface area contributed by atoms with Crippen LogP contribution in [0.2, 0.25) is 0 Å². The lowest BCUT2D eigenvalue weighted by atomic mass is 10.1. The van der Waals surface area contributed by atoms with Crippen LogP contribution in [-0.2, 0) is 6.42 Å². The fourth-order valence-electron chi connectivity index (χ4n) is 3.95. The minimum absolute atomic E-state index is 0.102. The van der Waals surface area contributed by atoms with Crippen molar-refractivity contribution in [2.45, 2.75) is 6.42 Å². The molecule has 3 N–H and O–H groups in total. The Hall–Kier alpha value is -3.97. The average Bonchev–Trinajstić information content (AvgIpc) is 3.19. The van der Waals surface area contributed by atoms with Gasteiger partial charge >= 0.3 is 0 Å². The number of nitrogens with zero attached hydrogens (tertiary/aromatic N) is 1. The number of rotatable bonds is 3. The van der Waals surface area contributed by atoms with Crippen LogP contribution in [0.25, 0.3) is 10.4 Å². The molecule has 1 aliphatic heterocycles. The average molecular weight is 458 g/mol. The lowest BCUT2D eigenvalue weighted by Crippen LogP contribution is -2.32. The van der Waals surface area contributed by atoms with Gasteiger partial charge in [0.1, 0.15) is 5.82 Å². The van der Waals surface area contributed by atoms with Crippen molar-refractivity contribution >= 4 is 40.2 Å². The summed E-state index contributed by atoms with van der Waals surface area (Å²) < 4.78 is 14.0. The predicted octanol–water partition coefficient (Wildman–Crippen LogP) is 5.59. The van der Waals surface area contributed by atoms with Crippen molar-refractivity contribution in [3.8, 4) is 10.4 Å². The van der Waals surface area contributed by atoms with Gasteiger partial charge in [0, 0.05) is 28.2 Å². The van der Waals surface area contributed by atoms with Gasteiger partial charge in [0.2, 0.25) is 0 Å². The van der Waals surface area contributed by atoms with Crippen LogP contribution in [0.4, 0.5) is 21.5 Å². The second-order valence-electron chi connectivity index (χ2n) is 7.74. The first-order valence-electron chi connectivity index (χ1n) is 10.5. The number of anilines is 3. The molecule has 0 spiro atoms. The number of amides is 2. The van der Waals surface area contributed by atoms with E-state index in [1.807, 2.05) is 30.3 Å². The van der Waals surface area contributed by atoms with E-state index in [-0.39, 0.29) is 17.5 Å². The molecule has 0 saturated heterocycles. The number of thiophene rings is 1. The Morgan fingerprint density at radius 2 is 1.70 bits per heavy atom. The van der Waals surface area contributed by atoms with Gasteiger partial charge in [-0.1, -0.05) is 30.3 Å². The number of halogens is 1. The molecule has 5 nitrogen and oxygen atoms in total. The molecule has 33 heavy (non-hydrogen) atoms. The second-order valence-corrected chi connectivity index (χ2v) is 8.80. The molecule has 0 bridgehead atoms. The lowest BCUT2D eigenvalue weighted by Gasteiger charge is -2.23. The molecule has 0 saturated carbocycles. The van der Waals surface area contributed by atoms with Gasteiger partial charge in [0.15, 0.2) is 0 Å². The van der Waals surface area contributed by atoms with Crippen molar-refractivity contribution in [3.05, 3.63) is 101 Å². The number of nitrogens with two attached hydrogens (primary N) is 1. The summed E-state index contributed by atoms with van der Waals surface area (Å²) in [7, 11) is 0. The quantitative estimate of drug-likeness (QED) is 0.394. The van der Waals surface area contributed by atoms with Crippen molar-refractivity contribution in [2.75, 3.05) is 22.5 Å². The molecule has 0 fully saturated rings. The number of benzene rings is 3. The highest BCUT2D eigenvalue weighted by Gasteiger charge is 2.27. The lowest BCUT2D eigenvalue weighted by molar-refractivity contribution is 0.0985. The highest BCUT2D eigenvalue weighted by Crippen LogP contribution is 2.42. The van der Waals surface area contributed by atoms with Crippen LogP contribution in [0.1, 0.15) is 25.6 Å². The maximum atomic E-state index is 14.0. The highest BCUT2D eigenvalue weighted by atomic mass is 32.1. The first-order valence-corrected chi connectivity index (χ1v) is 11.3. The summed E-state index contributed by atoms with van der Waals surface area (Å²) in [6.07, 6.45) is 0.591. The Balaban J connectivity index is 1.48. The van der Waals surface area contributed by atoms with Crippen LogP contribution in [0.5, 0.6) is 0 Å². The van der Waals surface area contributed by atoms with E-state index in [4.69, 9.17) is 5.73 Å². The summed E-state index contributed by atoms with van der Waals surface area (Å²) in [5.41, 5.74) is 9.75. The van der Waals surface area contributed by atoms with E-state index in [1.54, 1.807) is 41.3 Å². The van der Waals surface area contributed by atoms with E-state index < -0.39 is 5.82 Å². The predicted molar refractivity (Wildman–Crippen MR) is 130 cm³/mol. The second kappa shape index (κ2) is 8.52. The summed E-state index contributed by atoms with van der Waals surface area (Å²) in [6.45, 7) is 0.471. The van der Waals surface area contributed by atoms with Crippen molar-refractivity contribution in [1.29, 1.82) is 0 Å². The number of hydrogen-bond donors (Lipinski definition) is 2. The molecule has 0 unspecified atom stereocenters. The molecule has 0 radical (unpaired) electrons. The number of para-hydroxylation sites is 2. The zero-order valence-electron chi connectivity index (χ0n) is 17.5. The van der Waals surface area contributed by atoms with E-state index in [0.29, 0.717) is 29.1 Å². The standard InChI is InChI=1S/C26H20FN3O2S/c27-20-6-2-3-7-21(20)29-25(31)23-15-17-13-14-30(26(32)16-9-11-18(28)12-10-16)22-8-4-1-5-19(22)24(17)33-23/h1-12,15H,13-14,28H2,(H,29,31). The highest BCUT2D eigenvalue weighted by molar-refractivity contribution is 7.17. The molecule has 7 heteroatoms. The van der Waals surface area contributed by atoms with E-state index in [1.165, 1.54) is 23.5 Å². The Kier molecular flexibility index (Phi) is 5.40. The van der Waals surface area contributed by atoms with Gasteiger partial charge < -0.3 is 16.0 Å². The Bertz CT molecular complexity index is 1360. The molecular formula is C26H20FN3O2S. The molecule has 2 heterocycles. The Morgan fingerprint density at radius 1 is 0.970 bits per heavy atom. The SMILES string of the molecule is Nc1ccc(C(=O)N2CCc3cc(C(=O)Nc4ccccc4F)sc3-c3ccccc32)cc1. The summed E-state index contributed by atoms with van der Waals surface area (Å²) in [6, 6.07) is 22.5. The molecule has 0 atom stereocenters. The Morgan fingerprint density at radius 3 is 2.48 bits per heavy atom. The maximum absolute atomic E-state index is 14.0. The van der Waals surface area contributed by atoms with Gasteiger partial charge in [0.25, 0.3) is 11.8 Å². The van der Waals surface area contributed by atoms with Crippen molar-refractivity contribution < 1.29 is 14.0 Å². The number of nitrogens with one attached hydrogen (secondary N) is 1. The fraction of sp³-hybridized carbons (Fsp3) is 0.0769. The number of carbonyl (C=O) groups excluding carboxylic acids is 2. The monoisotopic (exact) mass is 457 g/mol. The first-order chi connectivity index (χ1) is 16.0. The van der Waals surface area contributed by atoms with Crippen LogP contribution >= 0.6 is 11.3 Å². The van der Waals surface area contributed by atoms with Crippen molar-refractivity contribution in [3.63, 3.8) is 0 Å². The third-order valence-electron chi connectivity index (χ3n) is 5.60. The number of hydrogen-bond acceptors (Lipinski definition) is 4. The van der Waals surface area contributed by atoms with Crippen LogP contribution in [0.15, 0.2) is 78.9 Å². The molecule has 164 valence electrons. The molecule has 4 aromatic rings.